The Bertz CT molecular complexity index is 1130. The third-order valence-electron chi connectivity index (χ3n) is 5.18. The number of allylic oxidation sites excluding steroid dienone is 1. The lowest BCUT2D eigenvalue weighted by molar-refractivity contribution is -0.140. The number of ether oxygens (including phenoxy) is 1. The first kappa shape index (κ1) is 25.0. The average molecular weight is 506 g/mol. The van der Waals surface area contributed by atoms with Crippen molar-refractivity contribution >= 4 is 58.1 Å². The molecule has 1 aliphatic heterocycles. The van der Waals surface area contributed by atoms with E-state index in [9.17, 15) is 9.59 Å². The van der Waals surface area contributed by atoms with Crippen LogP contribution in [-0.4, -0.2) is 35.5 Å². The molecule has 0 spiro atoms. The predicted octanol–water partition coefficient (Wildman–Crippen LogP) is 5.58. The Morgan fingerprint density at radius 3 is 2.61 bits per heavy atom. The van der Waals surface area contributed by atoms with Crippen LogP contribution < -0.4 is 10.6 Å². The van der Waals surface area contributed by atoms with Gasteiger partial charge in [-0.25, -0.2) is 4.79 Å². The van der Waals surface area contributed by atoms with Crippen LogP contribution in [0.5, 0.6) is 0 Å². The summed E-state index contributed by atoms with van der Waals surface area (Å²) in [5, 5.41) is 7.24. The summed E-state index contributed by atoms with van der Waals surface area (Å²) in [6, 6.07) is 11.4. The van der Waals surface area contributed by atoms with Gasteiger partial charge in [-0.2, -0.15) is 0 Å². The molecule has 2 aromatic carbocycles. The van der Waals surface area contributed by atoms with Gasteiger partial charge < -0.3 is 20.3 Å². The molecule has 33 heavy (non-hydrogen) atoms. The number of rotatable bonds is 6. The lowest BCUT2D eigenvalue weighted by Crippen LogP contribution is -2.46. The van der Waals surface area contributed by atoms with E-state index in [0.717, 1.165) is 5.56 Å². The van der Waals surface area contributed by atoms with E-state index in [0.29, 0.717) is 39.3 Å². The standard InChI is InChI=1S/C24H25Cl2N3O3S/c1-13(2)12-32-23(31)20-14(3)29(4)24(33)28-21(20)15-6-5-7-17(10-15)27-22(30)18-9-8-16(25)11-19(18)26/h5-11,13,21H,12H2,1-4H3,(H,27,30)(H,28,33). The molecular formula is C24H25Cl2N3O3S. The van der Waals surface area contributed by atoms with Crippen LogP contribution in [0.4, 0.5) is 5.69 Å². The zero-order chi connectivity index (χ0) is 24.3. The summed E-state index contributed by atoms with van der Waals surface area (Å²) in [6.07, 6.45) is 0. The van der Waals surface area contributed by atoms with Crippen molar-refractivity contribution in [3.05, 3.63) is 74.9 Å². The van der Waals surface area contributed by atoms with Gasteiger partial charge in [0, 0.05) is 23.5 Å². The first-order valence-corrected chi connectivity index (χ1v) is 11.5. The van der Waals surface area contributed by atoms with Crippen molar-refractivity contribution in [3.63, 3.8) is 0 Å². The van der Waals surface area contributed by atoms with Gasteiger partial charge in [-0.05, 0) is 61.0 Å². The Hall–Kier alpha value is -2.61. The fourth-order valence-corrected chi connectivity index (χ4v) is 4.09. The van der Waals surface area contributed by atoms with Crippen LogP contribution in [0.15, 0.2) is 53.7 Å². The van der Waals surface area contributed by atoms with Crippen molar-refractivity contribution in [1.82, 2.24) is 10.2 Å². The molecule has 0 saturated heterocycles. The number of hydrogen-bond donors (Lipinski definition) is 2. The number of benzene rings is 2. The highest BCUT2D eigenvalue weighted by Crippen LogP contribution is 2.32. The first-order valence-electron chi connectivity index (χ1n) is 10.4. The second kappa shape index (κ2) is 10.5. The Morgan fingerprint density at radius 1 is 1.21 bits per heavy atom. The molecule has 3 rings (SSSR count). The molecule has 1 amide bonds. The zero-order valence-electron chi connectivity index (χ0n) is 18.7. The number of esters is 1. The summed E-state index contributed by atoms with van der Waals surface area (Å²) in [4.78, 5) is 27.5. The Labute approximate surface area is 208 Å². The number of carbonyl (C=O) groups excluding carboxylic acids is 2. The number of carbonyl (C=O) groups is 2. The van der Waals surface area contributed by atoms with E-state index >= 15 is 0 Å². The molecule has 1 aliphatic rings. The third kappa shape index (κ3) is 5.85. The second-order valence-electron chi connectivity index (χ2n) is 8.14. The van der Waals surface area contributed by atoms with Crippen molar-refractivity contribution in [1.29, 1.82) is 0 Å². The molecule has 0 aliphatic carbocycles. The van der Waals surface area contributed by atoms with Gasteiger partial charge in [-0.15, -0.1) is 0 Å². The molecular weight excluding hydrogens is 481 g/mol. The molecule has 0 fully saturated rings. The Kier molecular flexibility index (Phi) is 8.00. The zero-order valence-corrected chi connectivity index (χ0v) is 21.1. The number of nitrogens with one attached hydrogen (secondary N) is 2. The fourth-order valence-electron chi connectivity index (χ4n) is 3.34. The van der Waals surface area contributed by atoms with Gasteiger partial charge in [0.15, 0.2) is 5.11 Å². The van der Waals surface area contributed by atoms with E-state index < -0.39 is 12.0 Å². The van der Waals surface area contributed by atoms with Gasteiger partial charge in [0.05, 0.1) is 28.8 Å². The molecule has 2 aromatic rings. The van der Waals surface area contributed by atoms with Crippen LogP contribution in [0.1, 0.15) is 42.7 Å². The fraction of sp³-hybridized carbons (Fsp3) is 0.292. The topological polar surface area (TPSA) is 70.7 Å². The van der Waals surface area contributed by atoms with E-state index in [4.69, 9.17) is 40.2 Å². The van der Waals surface area contributed by atoms with E-state index in [2.05, 4.69) is 10.6 Å². The minimum Gasteiger partial charge on any atom is -0.462 e. The number of nitrogens with zero attached hydrogens (tertiary/aromatic N) is 1. The highest BCUT2D eigenvalue weighted by atomic mass is 35.5. The van der Waals surface area contributed by atoms with Gasteiger partial charge in [0.2, 0.25) is 0 Å². The van der Waals surface area contributed by atoms with Crippen molar-refractivity contribution in [2.45, 2.75) is 26.8 Å². The summed E-state index contributed by atoms with van der Waals surface area (Å²) in [6.45, 7) is 6.10. The number of amides is 1. The van der Waals surface area contributed by atoms with Gasteiger partial charge in [-0.1, -0.05) is 49.2 Å². The normalized spacial score (nSPS) is 16.0. The van der Waals surface area contributed by atoms with Gasteiger partial charge in [0.1, 0.15) is 0 Å². The molecule has 174 valence electrons. The third-order valence-corrected chi connectivity index (χ3v) is 6.11. The largest absolute Gasteiger partial charge is 0.462 e. The smallest absolute Gasteiger partial charge is 0.338 e. The summed E-state index contributed by atoms with van der Waals surface area (Å²) in [7, 11) is 1.79. The minimum atomic E-state index is -0.524. The van der Waals surface area contributed by atoms with Crippen LogP contribution in [0.3, 0.4) is 0 Å². The Balaban J connectivity index is 1.91. The van der Waals surface area contributed by atoms with Crippen molar-refractivity contribution in [2.75, 3.05) is 19.0 Å². The number of halogens is 2. The maximum absolute atomic E-state index is 13.0. The molecule has 0 aromatic heterocycles. The lowest BCUT2D eigenvalue weighted by atomic mass is 9.94. The Morgan fingerprint density at radius 2 is 1.94 bits per heavy atom. The van der Waals surface area contributed by atoms with Crippen LogP contribution in [0.2, 0.25) is 10.0 Å². The maximum Gasteiger partial charge on any atom is 0.338 e. The van der Waals surface area contributed by atoms with E-state index in [1.807, 2.05) is 26.8 Å². The molecule has 2 N–H and O–H groups in total. The molecule has 0 saturated carbocycles. The number of thiocarbonyl (C=S) groups is 1. The van der Waals surface area contributed by atoms with Gasteiger partial charge in [-0.3, -0.25) is 4.79 Å². The summed E-state index contributed by atoms with van der Waals surface area (Å²) in [5.74, 6) is -0.568. The molecule has 1 atom stereocenters. The molecule has 0 bridgehead atoms. The molecule has 1 unspecified atom stereocenters. The van der Waals surface area contributed by atoms with Gasteiger partial charge in [0.25, 0.3) is 5.91 Å². The van der Waals surface area contributed by atoms with Crippen molar-refractivity contribution in [3.8, 4) is 0 Å². The average Bonchev–Trinajstić information content (AvgIpc) is 2.75. The van der Waals surface area contributed by atoms with Crippen molar-refractivity contribution < 1.29 is 14.3 Å². The highest BCUT2D eigenvalue weighted by Gasteiger charge is 2.33. The van der Waals surface area contributed by atoms with Crippen molar-refractivity contribution in [2.24, 2.45) is 5.92 Å². The molecule has 6 nitrogen and oxygen atoms in total. The predicted molar refractivity (Wildman–Crippen MR) is 136 cm³/mol. The maximum atomic E-state index is 13.0. The van der Waals surface area contributed by atoms with E-state index in [1.54, 1.807) is 42.3 Å². The summed E-state index contributed by atoms with van der Waals surface area (Å²) < 4.78 is 5.52. The van der Waals surface area contributed by atoms with E-state index in [1.165, 1.54) is 6.07 Å². The van der Waals surface area contributed by atoms with Crippen LogP contribution >= 0.6 is 35.4 Å². The van der Waals surface area contributed by atoms with Crippen LogP contribution in [-0.2, 0) is 9.53 Å². The molecule has 0 radical (unpaired) electrons. The van der Waals surface area contributed by atoms with Gasteiger partial charge >= 0.3 is 5.97 Å². The van der Waals surface area contributed by atoms with Crippen LogP contribution in [0, 0.1) is 5.92 Å². The monoisotopic (exact) mass is 505 g/mol. The second-order valence-corrected chi connectivity index (χ2v) is 9.37. The summed E-state index contributed by atoms with van der Waals surface area (Å²) in [5.41, 5.74) is 2.78. The summed E-state index contributed by atoms with van der Waals surface area (Å²) >= 11 is 17.5. The highest BCUT2D eigenvalue weighted by molar-refractivity contribution is 7.80. The van der Waals surface area contributed by atoms with Crippen LogP contribution in [0.25, 0.3) is 0 Å². The molecule has 9 heteroatoms. The number of anilines is 1. The first-order chi connectivity index (χ1) is 15.6. The van der Waals surface area contributed by atoms with E-state index in [-0.39, 0.29) is 16.8 Å². The minimum absolute atomic E-state index is 0.210. The quantitative estimate of drug-likeness (QED) is 0.394. The lowest BCUT2D eigenvalue weighted by Gasteiger charge is -2.35. The number of hydrogen-bond acceptors (Lipinski definition) is 4. The SMILES string of the molecule is CC1=C(C(=O)OCC(C)C)C(c2cccc(NC(=O)c3ccc(Cl)cc3Cl)c2)NC(=S)N1C. The molecule has 1 heterocycles.